The third-order valence-electron chi connectivity index (χ3n) is 5.30. The highest BCUT2D eigenvalue weighted by atomic mass is 16.5. The third-order valence-corrected chi connectivity index (χ3v) is 5.30. The van der Waals surface area contributed by atoms with E-state index in [1.165, 1.54) is 4.90 Å². The van der Waals surface area contributed by atoms with E-state index in [2.05, 4.69) is 9.97 Å². The molecule has 0 bridgehead atoms. The van der Waals surface area contributed by atoms with Crippen LogP contribution in [0.4, 0.5) is 0 Å². The average molecular weight is 415 g/mol. The number of benzene rings is 1. The number of aromatic nitrogens is 2. The lowest BCUT2D eigenvalue weighted by atomic mass is 9.94. The lowest BCUT2D eigenvalue weighted by Gasteiger charge is -2.25. The van der Waals surface area contributed by atoms with Gasteiger partial charge in [-0.1, -0.05) is 12.1 Å². The van der Waals surface area contributed by atoms with Gasteiger partial charge in [0.2, 0.25) is 0 Å². The molecule has 0 saturated carbocycles. The fraction of sp³-hybridized carbons (Fsp3) is 0.167. The molecule has 1 aliphatic heterocycles. The summed E-state index contributed by atoms with van der Waals surface area (Å²) in [7, 11) is 1.56. The number of amides is 1. The van der Waals surface area contributed by atoms with Gasteiger partial charge in [-0.25, -0.2) is 0 Å². The zero-order chi connectivity index (χ0) is 22.0. The molecule has 2 aromatic heterocycles. The van der Waals surface area contributed by atoms with Gasteiger partial charge >= 0.3 is 0 Å². The van der Waals surface area contributed by atoms with Crippen molar-refractivity contribution in [3.05, 3.63) is 95.1 Å². The Morgan fingerprint density at radius 1 is 1.10 bits per heavy atom. The van der Waals surface area contributed by atoms with Crippen molar-refractivity contribution in [1.29, 1.82) is 0 Å². The molecule has 3 aromatic rings. The van der Waals surface area contributed by atoms with Crippen molar-refractivity contribution >= 4 is 17.4 Å². The summed E-state index contributed by atoms with van der Waals surface area (Å²) in [6, 6.07) is 11.5. The largest absolute Gasteiger partial charge is 0.507 e. The van der Waals surface area contributed by atoms with Crippen LogP contribution in [0.15, 0.2) is 72.8 Å². The molecule has 0 radical (unpaired) electrons. The van der Waals surface area contributed by atoms with E-state index in [0.717, 1.165) is 11.1 Å². The first-order chi connectivity index (χ1) is 15.0. The molecule has 1 aliphatic rings. The first-order valence-corrected chi connectivity index (χ1v) is 9.73. The van der Waals surface area contributed by atoms with Gasteiger partial charge in [-0.05, 0) is 53.9 Å². The predicted octanol–water partition coefficient (Wildman–Crippen LogP) is 3.42. The minimum absolute atomic E-state index is 0.0372. The summed E-state index contributed by atoms with van der Waals surface area (Å²) < 4.78 is 5.23. The van der Waals surface area contributed by atoms with Crippen molar-refractivity contribution in [2.45, 2.75) is 19.5 Å². The Bertz CT molecular complexity index is 1160. The second kappa shape index (κ2) is 8.39. The highest BCUT2D eigenvalue weighted by Gasteiger charge is 2.46. The summed E-state index contributed by atoms with van der Waals surface area (Å²) in [6.45, 7) is 1.98. The summed E-state index contributed by atoms with van der Waals surface area (Å²) in [5, 5.41) is 11.2. The fourth-order valence-corrected chi connectivity index (χ4v) is 3.79. The zero-order valence-corrected chi connectivity index (χ0v) is 17.1. The van der Waals surface area contributed by atoms with Crippen LogP contribution in [0.5, 0.6) is 5.75 Å². The first kappa shape index (κ1) is 20.3. The fourth-order valence-electron chi connectivity index (χ4n) is 3.79. The SMILES string of the molecule is COc1ccc(C(O)=C2C(=O)C(=O)N(Cc3cccnc3)[C@H]2c2cccnc2)c(C)c1. The Morgan fingerprint density at radius 3 is 2.45 bits per heavy atom. The van der Waals surface area contributed by atoms with Crippen LogP contribution < -0.4 is 4.74 Å². The van der Waals surface area contributed by atoms with E-state index in [0.29, 0.717) is 16.9 Å². The number of aliphatic hydroxyl groups excluding tert-OH is 1. The maximum atomic E-state index is 13.1. The first-order valence-electron chi connectivity index (χ1n) is 9.73. The number of carbonyl (C=O) groups is 2. The number of aliphatic hydroxyl groups is 1. The Hall–Kier alpha value is -4.00. The van der Waals surface area contributed by atoms with E-state index in [1.54, 1.807) is 68.3 Å². The molecular formula is C24H21N3O4. The molecule has 1 N–H and O–H groups in total. The number of likely N-dealkylation sites (tertiary alicyclic amines) is 1. The predicted molar refractivity (Wildman–Crippen MR) is 114 cm³/mol. The van der Waals surface area contributed by atoms with Crippen LogP contribution in [-0.4, -0.2) is 38.8 Å². The molecule has 0 unspecified atom stereocenters. The molecule has 1 saturated heterocycles. The van der Waals surface area contributed by atoms with Crippen LogP contribution in [0.2, 0.25) is 0 Å². The van der Waals surface area contributed by atoms with Gasteiger partial charge in [0.15, 0.2) is 0 Å². The molecule has 1 amide bonds. The van der Waals surface area contributed by atoms with Crippen molar-refractivity contribution in [3.63, 3.8) is 0 Å². The number of aryl methyl sites for hydroxylation is 1. The van der Waals surface area contributed by atoms with Crippen LogP contribution in [-0.2, 0) is 16.1 Å². The Labute approximate surface area is 179 Å². The minimum Gasteiger partial charge on any atom is -0.507 e. The number of methoxy groups -OCH3 is 1. The molecule has 7 nitrogen and oxygen atoms in total. The standard InChI is InChI=1S/C24H21N3O4/c1-15-11-18(31-2)7-8-19(15)22(28)20-21(17-6-4-10-26-13-17)27(24(30)23(20)29)14-16-5-3-9-25-12-16/h3-13,21,28H,14H2,1-2H3/t21-/m0/s1. The summed E-state index contributed by atoms with van der Waals surface area (Å²) >= 11 is 0. The summed E-state index contributed by atoms with van der Waals surface area (Å²) in [4.78, 5) is 35.7. The monoisotopic (exact) mass is 415 g/mol. The topological polar surface area (TPSA) is 92.6 Å². The number of nitrogens with zero attached hydrogens (tertiary/aromatic N) is 3. The van der Waals surface area contributed by atoms with Crippen molar-refractivity contribution in [1.82, 2.24) is 14.9 Å². The van der Waals surface area contributed by atoms with E-state index in [9.17, 15) is 14.7 Å². The maximum absolute atomic E-state index is 13.1. The summed E-state index contributed by atoms with van der Waals surface area (Å²) in [6.07, 6.45) is 6.50. The van der Waals surface area contributed by atoms with E-state index in [-0.39, 0.29) is 17.9 Å². The number of hydrogen-bond donors (Lipinski definition) is 1. The maximum Gasteiger partial charge on any atom is 0.295 e. The van der Waals surface area contributed by atoms with Gasteiger partial charge < -0.3 is 14.7 Å². The van der Waals surface area contributed by atoms with E-state index in [1.807, 2.05) is 13.0 Å². The molecule has 7 heteroatoms. The van der Waals surface area contributed by atoms with Gasteiger partial charge in [0.1, 0.15) is 11.5 Å². The molecule has 4 rings (SSSR count). The third kappa shape index (κ3) is 3.77. The summed E-state index contributed by atoms with van der Waals surface area (Å²) in [5.74, 6) is -0.994. The van der Waals surface area contributed by atoms with Gasteiger partial charge in [0.25, 0.3) is 11.7 Å². The van der Waals surface area contributed by atoms with Crippen molar-refractivity contribution in [2.75, 3.05) is 7.11 Å². The molecule has 1 aromatic carbocycles. The molecule has 156 valence electrons. The Balaban J connectivity index is 1.86. The van der Waals surface area contributed by atoms with Gasteiger partial charge in [-0.15, -0.1) is 0 Å². The molecular weight excluding hydrogens is 394 g/mol. The summed E-state index contributed by atoms with van der Waals surface area (Å²) in [5.41, 5.74) is 2.64. The normalized spacial score (nSPS) is 17.7. The van der Waals surface area contributed by atoms with Crippen LogP contribution in [0.25, 0.3) is 5.76 Å². The second-order valence-electron chi connectivity index (χ2n) is 7.26. The number of rotatable bonds is 5. The average Bonchev–Trinajstić information content (AvgIpc) is 3.04. The number of carbonyl (C=O) groups excluding carboxylic acids is 2. The quantitative estimate of drug-likeness (QED) is 0.390. The van der Waals surface area contributed by atoms with Crippen LogP contribution in [0.1, 0.15) is 28.3 Å². The molecule has 3 heterocycles. The van der Waals surface area contributed by atoms with Gasteiger partial charge in [0.05, 0.1) is 18.7 Å². The minimum atomic E-state index is -0.768. The molecule has 31 heavy (non-hydrogen) atoms. The highest BCUT2D eigenvalue weighted by Crippen LogP contribution is 2.40. The molecule has 0 spiro atoms. The second-order valence-corrected chi connectivity index (χ2v) is 7.26. The Morgan fingerprint density at radius 2 is 1.84 bits per heavy atom. The van der Waals surface area contributed by atoms with Crippen LogP contribution in [0.3, 0.4) is 0 Å². The molecule has 1 fully saturated rings. The Kier molecular flexibility index (Phi) is 5.49. The van der Waals surface area contributed by atoms with Gasteiger partial charge in [-0.2, -0.15) is 0 Å². The molecule has 1 atom stereocenters. The number of hydrogen-bond acceptors (Lipinski definition) is 6. The lowest BCUT2D eigenvalue weighted by molar-refractivity contribution is -0.140. The van der Waals surface area contributed by atoms with Crippen LogP contribution >= 0.6 is 0 Å². The highest BCUT2D eigenvalue weighted by molar-refractivity contribution is 6.46. The lowest BCUT2D eigenvalue weighted by Crippen LogP contribution is -2.29. The smallest absolute Gasteiger partial charge is 0.295 e. The number of ether oxygens (including phenoxy) is 1. The van der Waals surface area contributed by atoms with E-state index < -0.39 is 17.7 Å². The van der Waals surface area contributed by atoms with Gasteiger partial charge in [-0.3, -0.25) is 19.6 Å². The van der Waals surface area contributed by atoms with Gasteiger partial charge in [0, 0.05) is 36.9 Å². The van der Waals surface area contributed by atoms with E-state index in [4.69, 9.17) is 4.74 Å². The van der Waals surface area contributed by atoms with E-state index >= 15 is 0 Å². The van der Waals surface area contributed by atoms with Crippen molar-refractivity contribution in [3.8, 4) is 5.75 Å². The zero-order valence-electron chi connectivity index (χ0n) is 17.1. The van der Waals surface area contributed by atoms with Crippen molar-refractivity contribution < 1.29 is 19.4 Å². The van der Waals surface area contributed by atoms with Crippen LogP contribution in [0, 0.1) is 6.92 Å². The number of pyridine rings is 2. The van der Waals surface area contributed by atoms with Crippen molar-refractivity contribution in [2.24, 2.45) is 0 Å². The molecule has 0 aliphatic carbocycles. The number of Topliss-reactive ketones (excluding diaryl/α,β-unsaturated/α-hetero) is 1. The number of ketones is 1.